The Balaban J connectivity index is 2.35. The van der Waals surface area contributed by atoms with Crippen LogP contribution in [0.5, 0.6) is 5.75 Å². The zero-order valence-corrected chi connectivity index (χ0v) is 9.66. The molecule has 1 aromatic carbocycles. The second kappa shape index (κ2) is 5.13. The highest BCUT2D eigenvalue weighted by atomic mass is 16.6. The molecule has 0 aliphatic carbocycles. The molecule has 0 radical (unpaired) electrons. The van der Waals surface area contributed by atoms with Crippen molar-refractivity contribution in [2.24, 2.45) is 0 Å². The summed E-state index contributed by atoms with van der Waals surface area (Å²) in [5.74, 6) is 0.446. The number of anilines is 2. The fraction of sp³-hybridized carbons (Fsp3) is 0.0833. The molecule has 0 atom stereocenters. The number of nitrogens with zero attached hydrogens (tertiary/aromatic N) is 2. The average Bonchev–Trinajstić information content (AvgIpc) is 2.40. The highest BCUT2D eigenvalue weighted by molar-refractivity contribution is 5.70. The van der Waals surface area contributed by atoms with Crippen molar-refractivity contribution < 1.29 is 9.66 Å². The molecule has 2 aromatic rings. The molecule has 18 heavy (non-hydrogen) atoms. The second-order valence-corrected chi connectivity index (χ2v) is 3.50. The van der Waals surface area contributed by atoms with Crippen LogP contribution in [0.3, 0.4) is 0 Å². The number of nitrogens with one attached hydrogen (secondary N) is 1. The van der Waals surface area contributed by atoms with Gasteiger partial charge in [-0.1, -0.05) is 0 Å². The lowest BCUT2D eigenvalue weighted by Crippen LogP contribution is -1.97. The van der Waals surface area contributed by atoms with Gasteiger partial charge < -0.3 is 10.1 Å². The molecule has 2 rings (SSSR count). The van der Waals surface area contributed by atoms with Gasteiger partial charge in [0.15, 0.2) is 0 Å². The Morgan fingerprint density at radius 2 is 2.00 bits per heavy atom. The minimum atomic E-state index is -0.452. The molecule has 1 N–H and O–H groups in total. The second-order valence-electron chi connectivity index (χ2n) is 3.50. The molecule has 92 valence electrons. The summed E-state index contributed by atoms with van der Waals surface area (Å²) >= 11 is 0. The molecule has 0 unspecified atom stereocenters. The first-order valence-electron chi connectivity index (χ1n) is 5.20. The monoisotopic (exact) mass is 245 g/mol. The zero-order chi connectivity index (χ0) is 13.0. The van der Waals surface area contributed by atoms with Crippen molar-refractivity contribution in [1.29, 1.82) is 0 Å². The van der Waals surface area contributed by atoms with Gasteiger partial charge in [0.25, 0.3) is 5.69 Å². The SMILES string of the molecule is COc1ccc(Nc2ccncc2)c([N+](=O)[O-])c1. The predicted molar refractivity (Wildman–Crippen MR) is 67.2 cm³/mol. The van der Waals surface area contributed by atoms with Crippen molar-refractivity contribution in [3.63, 3.8) is 0 Å². The Bertz CT molecular complexity index is 558. The lowest BCUT2D eigenvalue weighted by Gasteiger charge is -2.07. The van der Waals surface area contributed by atoms with E-state index in [-0.39, 0.29) is 5.69 Å². The topological polar surface area (TPSA) is 77.3 Å². The minimum Gasteiger partial charge on any atom is -0.496 e. The lowest BCUT2D eigenvalue weighted by molar-refractivity contribution is -0.384. The van der Waals surface area contributed by atoms with Crippen LogP contribution in [-0.4, -0.2) is 17.0 Å². The van der Waals surface area contributed by atoms with Gasteiger partial charge in [-0.2, -0.15) is 0 Å². The number of nitro groups is 1. The van der Waals surface area contributed by atoms with Crippen LogP contribution in [0, 0.1) is 10.1 Å². The quantitative estimate of drug-likeness (QED) is 0.662. The Kier molecular flexibility index (Phi) is 3.38. The summed E-state index contributed by atoms with van der Waals surface area (Å²) in [6.07, 6.45) is 3.22. The standard InChI is InChI=1S/C12H11N3O3/c1-18-10-2-3-11(12(8-10)15(16)17)14-9-4-6-13-7-5-9/h2-8H,1H3,(H,13,14). The molecule has 0 amide bonds. The molecule has 0 saturated carbocycles. The third-order valence-electron chi connectivity index (χ3n) is 2.36. The summed E-state index contributed by atoms with van der Waals surface area (Å²) in [4.78, 5) is 14.4. The third kappa shape index (κ3) is 2.54. The number of aromatic nitrogens is 1. The van der Waals surface area contributed by atoms with E-state index in [1.165, 1.54) is 13.2 Å². The molecule has 6 nitrogen and oxygen atoms in total. The fourth-order valence-electron chi connectivity index (χ4n) is 1.49. The number of nitro benzene ring substituents is 1. The van der Waals surface area contributed by atoms with Crippen LogP contribution < -0.4 is 10.1 Å². The molecule has 0 bridgehead atoms. The fourth-order valence-corrected chi connectivity index (χ4v) is 1.49. The normalized spacial score (nSPS) is 9.83. The smallest absolute Gasteiger partial charge is 0.296 e. The van der Waals surface area contributed by atoms with E-state index in [4.69, 9.17) is 4.74 Å². The highest BCUT2D eigenvalue weighted by Crippen LogP contribution is 2.30. The number of ether oxygens (including phenoxy) is 1. The van der Waals surface area contributed by atoms with Gasteiger partial charge in [-0.05, 0) is 24.3 Å². The van der Waals surface area contributed by atoms with Crippen LogP contribution in [0.2, 0.25) is 0 Å². The highest BCUT2D eigenvalue weighted by Gasteiger charge is 2.15. The van der Waals surface area contributed by atoms with Gasteiger partial charge in [0, 0.05) is 18.1 Å². The Labute approximate surface area is 103 Å². The van der Waals surface area contributed by atoms with E-state index < -0.39 is 4.92 Å². The summed E-state index contributed by atoms with van der Waals surface area (Å²) in [5.41, 5.74) is 1.11. The van der Waals surface area contributed by atoms with Crippen LogP contribution in [0.1, 0.15) is 0 Å². The molecule has 0 aliphatic heterocycles. The van der Waals surface area contributed by atoms with Crippen LogP contribution >= 0.6 is 0 Å². The minimum absolute atomic E-state index is 0.0360. The predicted octanol–water partition coefficient (Wildman–Crippen LogP) is 2.74. The van der Waals surface area contributed by atoms with Gasteiger partial charge in [0.2, 0.25) is 0 Å². The van der Waals surface area contributed by atoms with Crippen molar-refractivity contribution in [2.75, 3.05) is 12.4 Å². The van der Waals surface area contributed by atoms with E-state index >= 15 is 0 Å². The number of benzene rings is 1. The van der Waals surface area contributed by atoms with Gasteiger partial charge >= 0.3 is 0 Å². The first-order chi connectivity index (χ1) is 8.70. The molecule has 1 heterocycles. The molecular weight excluding hydrogens is 234 g/mol. The molecule has 0 spiro atoms. The first-order valence-corrected chi connectivity index (χ1v) is 5.20. The van der Waals surface area contributed by atoms with Gasteiger partial charge in [-0.25, -0.2) is 0 Å². The van der Waals surface area contributed by atoms with E-state index in [2.05, 4.69) is 10.3 Å². The van der Waals surface area contributed by atoms with Gasteiger partial charge in [0.05, 0.1) is 18.1 Å². The maximum Gasteiger partial charge on any atom is 0.296 e. The Hall–Kier alpha value is -2.63. The Morgan fingerprint density at radius 3 is 2.61 bits per heavy atom. The number of pyridine rings is 1. The van der Waals surface area contributed by atoms with Crippen molar-refractivity contribution in [2.45, 2.75) is 0 Å². The lowest BCUT2D eigenvalue weighted by atomic mass is 10.2. The number of hydrogen-bond donors (Lipinski definition) is 1. The van der Waals surface area contributed by atoms with E-state index in [0.29, 0.717) is 11.4 Å². The Morgan fingerprint density at radius 1 is 1.28 bits per heavy atom. The number of hydrogen-bond acceptors (Lipinski definition) is 5. The van der Waals surface area contributed by atoms with Crippen molar-refractivity contribution in [3.8, 4) is 5.75 Å². The summed E-state index contributed by atoms with van der Waals surface area (Å²) in [7, 11) is 1.47. The summed E-state index contributed by atoms with van der Waals surface area (Å²) in [6, 6.07) is 8.11. The average molecular weight is 245 g/mol. The number of rotatable bonds is 4. The first kappa shape index (κ1) is 11.8. The molecule has 6 heteroatoms. The van der Waals surface area contributed by atoms with Crippen molar-refractivity contribution in [1.82, 2.24) is 4.98 Å². The molecular formula is C12H11N3O3. The van der Waals surface area contributed by atoms with Crippen molar-refractivity contribution >= 4 is 17.1 Å². The molecule has 0 aliphatic rings. The van der Waals surface area contributed by atoms with Crippen LogP contribution in [0.15, 0.2) is 42.7 Å². The molecule has 1 aromatic heterocycles. The van der Waals surface area contributed by atoms with E-state index in [0.717, 1.165) is 5.69 Å². The van der Waals surface area contributed by atoms with E-state index in [9.17, 15) is 10.1 Å². The maximum absolute atomic E-state index is 11.0. The van der Waals surface area contributed by atoms with E-state index in [1.807, 2.05) is 0 Å². The van der Waals surface area contributed by atoms with Gasteiger partial charge in [-0.3, -0.25) is 15.1 Å². The van der Waals surface area contributed by atoms with E-state index in [1.54, 1.807) is 36.7 Å². The zero-order valence-electron chi connectivity index (χ0n) is 9.66. The van der Waals surface area contributed by atoms with Gasteiger partial charge in [0.1, 0.15) is 11.4 Å². The van der Waals surface area contributed by atoms with Crippen molar-refractivity contribution in [3.05, 3.63) is 52.8 Å². The van der Waals surface area contributed by atoms with Crippen LogP contribution in [-0.2, 0) is 0 Å². The summed E-state index contributed by atoms with van der Waals surface area (Å²) in [6.45, 7) is 0. The van der Waals surface area contributed by atoms with Crippen LogP contribution in [0.25, 0.3) is 0 Å². The molecule has 0 fully saturated rings. The summed E-state index contributed by atoms with van der Waals surface area (Å²) in [5, 5.41) is 13.9. The summed E-state index contributed by atoms with van der Waals surface area (Å²) < 4.78 is 4.97. The largest absolute Gasteiger partial charge is 0.496 e. The van der Waals surface area contributed by atoms with Crippen LogP contribution in [0.4, 0.5) is 17.1 Å². The number of methoxy groups -OCH3 is 1. The molecule has 0 saturated heterocycles. The maximum atomic E-state index is 11.0. The third-order valence-corrected chi connectivity index (χ3v) is 2.36. The van der Waals surface area contributed by atoms with Gasteiger partial charge in [-0.15, -0.1) is 0 Å².